The SMILES string of the molecule is CCn1cc(C(=O)NC2CC3(CCCC3)Oc3ccccc32)cn1. The molecule has 1 aliphatic carbocycles. The Labute approximate surface area is 142 Å². The van der Waals surface area contributed by atoms with Gasteiger partial charge in [0.05, 0.1) is 17.8 Å². The second-order valence-corrected chi connectivity index (χ2v) is 6.84. The lowest BCUT2D eigenvalue weighted by Gasteiger charge is -2.40. The summed E-state index contributed by atoms with van der Waals surface area (Å²) in [5.74, 6) is 0.852. The van der Waals surface area contributed by atoms with Crippen LogP contribution in [0.2, 0.25) is 0 Å². The minimum absolute atomic E-state index is 0.00877. The van der Waals surface area contributed by atoms with Gasteiger partial charge >= 0.3 is 0 Å². The Balaban J connectivity index is 1.60. The van der Waals surface area contributed by atoms with E-state index in [0.717, 1.165) is 37.1 Å². The Kier molecular flexibility index (Phi) is 3.79. The molecule has 2 aromatic rings. The van der Waals surface area contributed by atoms with E-state index in [9.17, 15) is 4.79 Å². The predicted octanol–water partition coefficient (Wildman–Crippen LogP) is 3.47. The highest BCUT2D eigenvalue weighted by molar-refractivity contribution is 5.94. The number of para-hydroxylation sites is 1. The number of carbonyl (C=O) groups excluding carboxylic acids is 1. The number of fused-ring (bicyclic) bond motifs is 1. The first-order valence-electron chi connectivity index (χ1n) is 8.80. The molecule has 2 heterocycles. The zero-order valence-corrected chi connectivity index (χ0v) is 14.0. The molecule has 1 saturated carbocycles. The summed E-state index contributed by atoms with van der Waals surface area (Å²) in [6, 6.07) is 8.06. The van der Waals surface area contributed by atoms with Crippen LogP contribution < -0.4 is 10.1 Å². The van der Waals surface area contributed by atoms with Crippen LogP contribution in [0.25, 0.3) is 0 Å². The molecule has 24 heavy (non-hydrogen) atoms. The van der Waals surface area contributed by atoms with Crippen LogP contribution in [-0.2, 0) is 6.54 Å². The molecule has 1 aromatic carbocycles. The van der Waals surface area contributed by atoms with Gasteiger partial charge in [0.1, 0.15) is 11.4 Å². The number of amides is 1. The molecule has 1 N–H and O–H groups in total. The van der Waals surface area contributed by atoms with Crippen molar-refractivity contribution in [2.24, 2.45) is 0 Å². The smallest absolute Gasteiger partial charge is 0.254 e. The average Bonchev–Trinajstić information content (AvgIpc) is 3.24. The third-order valence-corrected chi connectivity index (χ3v) is 5.24. The molecule has 1 aliphatic heterocycles. The van der Waals surface area contributed by atoms with E-state index in [2.05, 4.69) is 16.5 Å². The molecule has 0 bridgehead atoms. The lowest BCUT2D eigenvalue weighted by atomic mass is 9.86. The quantitative estimate of drug-likeness (QED) is 0.940. The number of nitrogens with zero attached hydrogens (tertiary/aromatic N) is 2. The number of hydrogen-bond acceptors (Lipinski definition) is 3. The minimum atomic E-state index is -0.111. The van der Waals surface area contributed by atoms with Crippen LogP contribution in [0.5, 0.6) is 5.75 Å². The predicted molar refractivity (Wildman–Crippen MR) is 91.0 cm³/mol. The lowest BCUT2D eigenvalue weighted by molar-refractivity contribution is 0.0360. The molecule has 1 atom stereocenters. The maximum atomic E-state index is 12.7. The Morgan fingerprint density at radius 2 is 2.17 bits per heavy atom. The van der Waals surface area contributed by atoms with Gasteiger partial charge in [0.15, 0.2) is 0 Å². The van der Waals surface area contributed by atoms with Gasteiger partial charge in [0, 0.05) is 24.7 Å². The number of hydrogen-bond donors (Lipinski definition) is 1. The Morgan fingerprint density at radius 1 is 1.38 bits per heavy atom. The van der Waals surface area contributed by atoms with Gasteiger partial charge in [0.25, 0.3) is 5.91 Å². The van der Waals surface area contributed by atoms with E-state index in [1.54, 1.807) is 17.1 Å². The number of ether oxygens (including phenoxy) is 1. The highest BCUT2D eigenvalue weighted by atomic mass is 16.5. The maximum absolute atomic E-state index is 12.7. The zero-order valence-electron chi connectivity index (χ0n) is 14.0. The fourth-order valence-corrected chi connectivity index (χ4v) is 3.97. The van der Waals surface area contributed by atoms with Gasteiger partial charge in [-0.05, 0) is 38.7 Å². The van der Waals surface area contributed by atoms with Crippen LogP contribution in [0.4, 0.5) is 0 Å². The van der Waals surface area contributed by atoms with E-state index >= 15 is 0 Å². The third kappa shape index (κ3) is 2.68. The summed E-state index contributed by atoms with van der Waals surface area (Å²) in [6.07, 6.45) is 8.82. The van der Waals surface area contributed by atoms with E-state index in [-0.39, 0.29) is 17.6 Å². The van der Waals surface area contributed by atoms with Crippen molar-refractivity contribution in [2.45, 2.75) is 57.2 Å². The van der Waals surface area contributed by atoms with Crippen molar-refractivity contribution in [3.8, 4) is 5.75 Å². The molecule has 0 radical (unpaired) electrons. The minimum Gasteiger partial charge on any atom is -0.487 e. The summed E-state index contributed by atoms with van der Waals surface area (Å²) >= 11 is 0. The Hall–Kier alpha value is -2.30. The molecule has 1 aromatic heterocycles. The number of nitrogens with one attached hydrogen (secondary N) is 1. The first-order chi connectivity index (χ1) is 11.7. The normalized spacial score (nSPS) is 21.3. The molecule has 1 fully saturated rings. The Bertz CT molecular complexity index is 747. The van der Waals surface area contributed by atoms with E-state index in [0.29, 0.717) is 5.56 Å². The maximum Gasteiger partial charge on any atom is 0.254 e. The molecular formula is C19H23N3O2. The van der Waals surface area contributed by atoms with Crippen molar-refractivity contribution < 1.29 is 9.53 Å². The monoisotopic (exact) mass is 325 g/mol. The van der Waals surface area contributed by atoms with Crippen LogP contribution in [0, 0.1) is 0 Å². The number of aromatic nitrogens is 2. The fraction of sp³-hybridized carbons (Fsp3) is 0.474. The molecule has 5 heteroatoms. The van der Waals surface area contributed by atoms with Gasteiger partial charge in [-0.15, -0.1) is 0 Å². The lowest BCUT2D eigenvalue weighted by Crippen LogP contribution is -2.43. The van der Waals surface area contributed by atoms with E-state index in [4.69, 9.17) is 4.74 Å². The van der Waals surface area contributed by atoms with Gasteiger partial charge in [0.2, 0.25) is 0 Å². The zero-order chi connectivity index (χ0) is 16.6. The van der Waals surface area contributed by atoms with E-state index in [1.807, 2.05) is 25.1 Å². The molecule has 1 unspecified atom stereocenters. The molecule has 5 nitrogen and oxygen atoms in total. The number of aryl methyl sites for hydroxylation is 1. The summed E-state index contributed by atoms with van der Waals surface area (Å²) in [7, 11) is 0. The van der Waals surface area contributed by atoms with Crippen molar-refractivity contribution in [3.05, 3.63) is 47.8 Å². The van der Waals surface area contributed by atoms with Crippen molar-refractivity contribution in [2.75, 3.05) is 0 Å². The molecular weight excluding hydrogens is 302 g/mol. The molecule has 4 rings (SSSR count). The second kappa shape index (κ2) is 5.96. The van der Waals surface area contributed by atoms with Gasteiger partial charge in [-0.3, -0.25) is 9.48 Å². The summed E-state index contributed by atoms with van der Waals surface area (Å²) in [5, 5.41) is 7.40. The topological polar surface area (TPSA) is 56.2 Å². The van der Waals surface area contributed by atoms with Crippen molar-refractivity contribution in [1.29, 1.82) is 0 Å². The third-order valence-electron chi connectivity index (χ3n) is 5.24. The highest BCUT2D eigenvalue weighted by Gasteiger charge is 2.43. The molecule has 2 aliphatic rings. The fourth-order valence-electron chi connectivity index (χ4n) is 3.97. The molecule has 1 amide bonds. The van der Waals surface area contributed by atoms with Crippen molar-refractivity contribution in [1.82, 2.24) is 15.1 Å². The van der Waals surface area contributed by atoms with Crippen LogP contribution >= 0.6 is 0 Å². The van der Waals surface area contributed by atoms with Gasteiger partial charge < -0.3 is 10.1 Å². The van der Waals surface area contributed by atoms with E-state index < -0.39 is 0 Å². The average molecular weight is 325 g/mol. The molecule has 0 saturated heterocycles. The van der Waals surface area contributed by atoms with Crippen LogP contribution in [0.3, 0.4) is 0 Å². The van der Waals surface area contributed by atoms with Crippen LogP contribution in [-0.4, -0.2) is 21.3 Å². The second-order valence-electron chi connectivity index (χ2n) is 6.84. The summed E-state index contributed by atoms with van der Waals surface area (Å²) in [6.45, 7) is 2.77. The summed E-state index contributed by atoms with van der Waals surface area (Å²) in [4.78, 5) is 12.7. The van der Waals surface area contributed by atoms with Crippen molar-refractivity contribution in [3.63, 3.8) is 0 Å². The highest BCUT2D eigenvalue weighted by Crippen LogP contribution is 2.47. The first kappa shape index (κ1) is 15.2. The molecule has 126 valence electrons. The van der Waals surface area contributed by atoms with Crippen LogP contribution in [0.1, 0.15) is 61.0 Å². The van der Waals surface area contributed by atoms with Gasteiger partial charge in [-0.1, -0.05) is 18.2 Å². The number of benzene rings is 1. The first-order valence-corrected chi connectivity index (χ1v) is 8.80. The van der Waals surface area contributed by atoms with Gasteiger partial charge in [-0.2, -0.15) is 5.10 Å². The van der Waals surface area contributed by atoms with Crippen LogP contribution in [0.15, 0.2) is 36.7 Å². The largest absolute Gasteiger partial charge is 0.487 e. The Morgan fingerprint density at radius 3 is 2.92 bits per heavy atom. The standard InChI is InChI=1S/C19H23N3O2/c1-2-22-13-14(12-20-22)18(23)21-16-11-19(9-5-6-10-19)24-17-8-4-3-7-15(16)17/h3-4,7-8,12-13,16H,2,5-6,9-11H2,1H3,(H,21,23). The van der Waals surface area contributed by atoms with Crippen molar-refractivity contribution >= 4 is 5.91 Å². The summed E-state index contributed by atoms with van der Waals surface area (Å²) < 4.78 is 8.12. The number of rotatable bonds is 3. The number of carbonyl (C=O) groups is 1. The summed E-state index contributed by atoms with van der Waals surface area (Å²) in [5.41, 5.74) is 1.58. The van der Waals surface area contributed by atoms with Gasteiger partial charge in [-0.25, -0.2) is 0 Å². The molecule has 1 spiro atoms. The van der Waals surface area contributed by atoms with E-state index in [1.165, 1.54) is 12.8 Å².